The zero-order valence-corrected chi connectivity index (χ0v) is 12.4. The molecule has 19 heavy (non-hydrogen) atoms. The third-order valence-electron chi connectivity index (χ3n) is 3.68. The zero-order chi connectivity index (χ0) is 14.0. The van der Waals surface area contributed by atoms with Gasteiger partial charge in [-0.2, -0.15) is 0 Å². The highest BCUT2D eigenvalue weighted by Gasteiger charge is 2.22. The fraction of sp³-hybridized carbons (Fsp3) is 0.562. The Hall–Kier alpha value is -1.35. The maximum atomic E-state index is 9.28. The van der Waals surface area contributed by atoms with Crippen LogP contribution in [-0.4, -0.2) is 23.2 Å². The van der Waals surface area contributed by atoms with Crippen molar-refractivity contribution in [1.82, 2.24) is 4.98 Å². The van der Waals surface area contributed by atoms with Crippen molar-refractivity contribution >= 4 is 5.82 Å². The van der Waals surface area contributed by atoms with Crippen LogP contribution in [0.25, 0.3) is 0 Å². The molecule has 2 rings (SSSR count). The quantitative estimate of drug-likeness (QED) is 0.830. The lowest BCUT2D eigenvalue weighted by Gasteiger charge is -2.33. The molecule has 1 aromatic rings. The van der Waals surface area contributed by atoms with E-state index in [9.17, 15) is 5.11 Å². The number of hydrogen-bond donors (Lipinski definition) is 1. The van der Waals surface area contributed by atoms with Gasteiger partial charge in [0.25, 0.3) is 0 Å². The van der Waals surface area contributed by atoms with E-state index in [1.807, 2.05) is 19.1 Å². The summed E-state index contributed by atoms with van der Waals surface area (Å²) in [6, 6.07) is 3.92. The Morgan fingerprint density at radius 3 is 2.58 bits per heavy atom. The summed E-state index contributed by atoms with van der Waals surface area (Å²) in [6.45, 7) is 10.8. The van der Waals surface area contributed by atoms with Gasteiger partial charge in [0.15, 0.2) is 0 Å². The van der Waals surface area contributed by atoms with Gasteiger partial charge in [0.05, 0.1) is 6.61 Å². The molecule has 1 aliphatic heterocycles. The lowest BCUT2D eigenvalue weighted by molar-refractivity contribution is 0.281. The smallest absolute Gasteiger partial charge is 0.129 e. The highest BCUT2D eigenvalue weighted by atomic mass is 16.3. The van der Waals surface area contributed by atoms with Gasteiger partial charge in [0.1, 0.15) is 5.82 Å². The molecule has 3 heteroatoms. The van der Waals surface area contributed by atoms with Gasteiger partial charge in [-0.1, -0.05) is 32.4 Å². The molecule has 0 atom stereocenters. The molecule has 3 nitrogen and oxygen atoms in total. The molecule has 0 saturated carbocycles. The van der Waals surface area contributed by atoms with E-state index in [-0.39, 0.29) is 12.0 Å². The number of hydrogen-bond acceptors (Lipinski definition) is 3. The molecule has 104 valence electrons. The van der Waals surface area contributed by atoms with E-state index in [4.69, 9.17) is 0 Å². The standard InChI is InChI=1S/C16H24N2O/c1-12-9-13(11-19)10-15(17-12)18-7-5-14(6-8-18)16(2,3)4/h5,9-10,19H,6-8,11H2,1-4H3. The topological polar surface area (TPSA) is 36.4 Å². The maximum absolute atomic E-state index is 9.28. The van der Waals surface area contributed by atoms with E-state index >= 15 is 0 Å². The first-order valence-electron chi connectivity index (χ1n) is 6.93. The van der Waals surface area contributed by atoms with Crippen LogP contribution in [0.4, 0.5) is 5.82 Å². The Bertz CT molecular complexity index is 486. The highest BCUT2D eigenvalue weighted by molar-refractivity contribution is 5.45. The van der Waals surface area contributed by atoms with Gasteiger partial charge in [-0.15, -0.1) is 0 Å². The van der Waals surface area contributed by atoms with Gasteiger partial charge < -0.3 is 10.0 Å². The van der Waals surface area contributed by atoms with E-state index in [2.05, 4.69) is 36.7 Å². The van der Waals surface area contributed by atoms with Gasteiger partial charge in [-0.25, -0.2) is 4.98 Å². The predicted molar refractivity (Wildman–Crippen MR) is 79.3 cm³/mol. The minimum Gasteiger partial charge on any atom is -0.392 e. The van der Waals surface area contributed by atoms with E-state index in [1.54, 1.807) is 0 Å². The Morgan fingerprint density at radius 1 is 1.32 bits per heavy atom. The Kier molecular flexibility index (Phi) is 3.95. The first-order valence-corrected chi connectivity index (χ1v) is 6.93. The number of aliphatic hydroxyl groups is 1. The first kappa shape index (κ1) is 14.1. The molecule has 0 fully saturated rings. The van der Waals surface area contributed by atoms with E-state index in [0.29, 0.717) is 0 Å². The maximum Gasteiger partial charge on any atom is 0.129 e. The van der Waals surface area contributed by atoms with Crippen molar-refractivity contribution in [2.45, 2.75) is 40.7 Å². The van der Waals surface area contributed by atoms with Gasteiger partial charge in [0.2, 0.25) is 0 Å². The molecule has 0 bridgehead atoms. The normalized spacial score (nSPS) is 16.5. The van der Waals surface area contributed by atoms with E-state index in [0.717, 1.165) is 36.6 Å². The van der Waals surface area contributed by atoms with Gasteiger partial charge in [-0.05, 0) is 36.5 Å². The third kappa shape index (κ3) is 3.35. The summed E-state index contributed by atoms with van der Waals surface area (Å²) < 4.78 is 0. The van der Waals surface area contributed by atoms with Crippen molar-refractivity contribution < 1.29 is 5.11 Å². The second kappa shape index (κ2) is 5.33. The molecule has 0 aromatic carbocycles. The van der Waals surface area contributed by atoms with Crippen LogP contribution in [-0.2, 0) is 6.61 Å². The lowest BCUT2D eigenvalue weighted by atomic mass is 9.83. The number of anilines is 1. The molecule has 0 amide bonds. The van der Waals surface area contributed by atoms with Crippen molar-refractivity contribution in [2.24, 2.45) is 5.41 Å². The number of rotatable bonds is 2. The van der Waals surface area contributed by atoms with Crippen LogP contribution >= 0.6 is 0 Å². The van der Waals surface area contributed by atoms with Crippen molar-refractivity contribution in [2.75, 3.05) is 18.0 Å². The third-order valence-corrected chi connectivity index (χ3v) is 3.68. The molecule has 0 spiro atoms. The Morgan fingerprint density at radius 2 is 2.05 bits per heavy atom. The molecule has 2 heterocycles. The number of aryl methyl sites for hydroxylation is 1. The van der Waals surface area contributed by atoms with Crippen LogP contribution in [0.3, 0.4) is 0 Å². The van der Waals surface area contributed by atoms with Crippen LogP contribution in [0.15, 0.2) is 23.8 Å². The number of pyridine rings is 1. The van der Waals surface area contributed by atoms with Crippen LogP contribution in [0.1, 0.15) is 38.4 Å². The fourth-order valence-electron chi connectivity index (χ4n) is 2.53. The molecular formula is C16H24N2O. The van der Waals surface area contributed by atoms with Gasteiger partial charge >= 0.3 is 0 Å². The number of aliphatic hydroxyl groups excluding tert-OH is 1. The van der Waals surface area contributed by atoms with Gasteiger partial charge in [-0.3, -0.25) is 0 Å². The molecule has 1 aromatic heterocycles. The van der Waals surface area contributed by atoms with Crippen LogP contribution < -0.4 is 4.90 Å². The zero-order valence-electron chi connectivity index (χ0n) is 12.4. The summed E-state index contributed by atoms with van der Waals surface area (Å²) in [6.07, 6.45) is 3.42. The first-order chi connectivity index (χ1) is 8.90. The average Bonchev–Trinajstić information content (AvgIpc) is 2.37. The molecule has 0 radical (unpaired) electrons. The fourth-order valence-corrected chi connectivity index (χ4v) is 2.53. The Balaban J connectivity index is 2.18. The average molecular weight is 260 g/mol. The summed E-state index contributed by atoms with van der Waals surface area (Å²) in [4.78, 5) is 6.86. The summed E-state index contributed by atoms with van der Waals surface area (Å²) >= 11 is 0. The van der Waals surface area contributed by atoms with E-state index in [1.165, 1.54) is 5.57 Å². The van der Waals surface area contributed by atoms with Crippen LogP contribution in [0, 0.1) is 12.3 Å². The molecule has 0 aliphatic carbocycles. The molecule has 1 N–H and O–H groups in total. The van der Waals surface area contributed by atoms with Crippen LogP contribution in [0.5, 0.6) is 0 Å². The van der Waals surface area contributed by atoms with E-state index < -0.39 is 0 Å². The minimum atomic E-state index is 0.0767. The lowest BCUT2D eigenvalue weighted by Crippen LogP contribution is -2.32. The van der Waals surface area contributed by atoms with Crippen molar-refractivity contribution in [3.63, 3.8) is 0 Å². The molecular weight excluding hydrogens is 236 g/mol. The van der Waals surface area contributed by atoms with Crippen LogP contribution in [0.2, 0.25) is 0 Å². The van der Waals surface area contributed by atoms with Crippen molar-refractivity contribution in [1.29, 1.82) is 0 Å². The Labute approximate surface area is 116 Å². The van der Waals surface area contributed by atoms with Crippen molar-refractivity contribution in [3.8, 4) is 0 Å². The molecule has 0 saturated heterocycles. The highest BCUT2D eigenvalue weighted by Crippen LogP contribution is 2.31. The monoisotopic (exact) mass is 260 g/mol. The SMILES string of the molecule is Cc1cc(CO)cc(N2CC=C(C(C)(C)C)CC2)n1. The summed E-state index contributed by atoms with van der Waals surface area (Å²) in [5.74, 6) is 0.980. The molecule has 0 unspecified atom stereocenters. The van der Waals surface area contributed by atoms with Gasteiger partial charge in [0, 0.05) is 18.8 Å². The largest absolute Gasteiger partial charge is 0.392 e. The number of aromatic nitrogens is 1. The summed E-state index contributed by atoms with van der Waals surface area (Å²) in [5, 5.41) is 9.28. The number of nitrogens with zero attached hydrogens (tertiary/aromatic N) is 2. The predicted octanol–water partition coefficient (Wildman–Crippen LogP) is 3.06. The molecule has 1 aliphatic rings. The minimum absolute atomic E-state index is 0.0767. The second-order valence-electron chi connectivity index (χ2n) is 6.31. The summed E-state index contributed by atoms with van der Waals surface area (Å²) in [7, 11) is 0. The van der Waals surface area contributed by atoms with Crippen molar-refractivity contribution in [3.05, 3.63) is 35.0 Å². The second-order valence-corrected chi connectivity index (χ2v) is 6.31. The summed E-state index contributed by atoms with van der Waals surface area (Å²) in [5.41, 5.74) is 3.70.